The Bertz CT molecular complexity index is 638. The van der Waals surface area contributed by atoms with E-state index < -0.39 is 0 Å². The van der Waals surface area contributed by atoms with Gasteiger partial charge < -0.3 is 10.5 Å². The van der Waals surface area contributed by atoms with Gasteiger partial charge in [0.25, 0.3) is 0 Å². The number of rotatable bonds is 4. The zero-order chi connectivity index (χ0) is 14.9. The van der Waals surface area contributed by atoms with Crippen molar-refractivity contribution in [2.75, 3.05) is 13.7 Å². The van der Waals surface area contributed by atoms with Crippen LogP contribution in [0.15, 0.2) is 18.2 Å². The summed E-state index contributed by atoms with van der Waals surface area (Å²) < 4.78 is 19.6. The number of nitrogens with zero attached hydrogens (tertiary/aromatic N) is 1. The molecule has 0 aliphatic heterocycles. The zero-order valence-corrected chi connectivity index (χ0v) is 12.5. The summed E-state index contributed by atoms with van der Waals surface area (Å²) in [5.74, 6) is 0.339. The summed E-state index contributed by atoms with van der Waals surface area (Å²) >= 11 is 0. The smallest absolute Gasteiger partial charge is 0.149 e. The fourth-order valence-electron chi connectivity index (χ4n) is 2.33. The van der Waals surface area contributed by atoms with Crippen LogP contribution in [-0.4, -0.2) is 18.6 Å². The third-order valence-corrected chi connectivity index (χ3v) is 3.47. The predicted octanol–water partition coefficient (Wildman–Crippen LogP) is 3.22. The van der Waals surface area contributed by atoms with Crippen molar-refractivity contribution >= 4 is 10.9 Å². The largest absolute Gasteiger partial charge is 0.496 e. The lowest BCUT2D eigenvalue weighted by molar-refractivity contribution is 0.376. The molecular formula is C16H21FN2O. The molecule has 2 rings (SSSR count). The number of aromatic nitrogens is 1. The molecule has 0 atom stereocenters. The third-order valence-electron chi connectivity index (χ3n) is 3.47. The van der Waals surface area contributed by atoms with Crippen LogP contribution in [0.3, 0.4) is 0 Å². The summed E-state index contributed by atoms with van der Waals surface area (Å²) in [4.78, 5) is 4.26. The Hall–Kier alpha value is -1.68. The lowest BCUT2D eigenvalue weighted by Crippen LogP contribution is -2.25. The molecule has 3 nitrogen and oxygen atoms in total. The second kappa shape index (κ2) is 5.37. The minimum absolute atomic E-state index is 0.0640. The van der Waals surface area contributed by atoms with Gasteiger partial charge in [-0.2, -0.15) is 0 Å². The number of methoxy groups -OCH3 is 1. The fourth-order valence-corrected chi connectivity index (χ4v) is 2.33. The summed E-state index contributed by atoms with van der Waals surface area (Å²) in [6, 6.07) is 5.31. The highest BCUT2D eigenvalue weighted by Gasteiger charge is 2.18. The average molecular weight is 276 g/mol. The van der Waals surface area contributed by atoms with Gasteiger partial charge in [0, 0.05) is 17.1 Å². The van der Waals surface area contributed by atoms with E-state index in [-0.39, 0.29) is 11.2 Å². The Morgan fingerprint density at radius 3 is 2.60 bits per heavy atom. The van der Waals surface area contributed by atoms with Crippen molar-refractivity contribution < 1.29 is 9.13 Å². The van der Waals surface area contributed by atoms with Gasteiger partial charge in [-0.3, -0.25) is 0 Å². The van der Waals surface area contributed by atoms with Crippen LogP contribution in [0.1, 0.15) is 25.1 Å². The Balaban J connectivity index is 2.59. The maximum atomic E-state index is 14.3. The van der Waals surface area contributed by atoms with Crippen LogP contribution in [0.4, 0.5) is 4.39 Å². The van der Waals surface area contributed by atoms with Gasteiger partial charge in [-0.15, -0.1) is 0 Å². The van der Waals surface area contributed by atoms with E-state index in [0.29, 0.717) is 29.6 Å². The number of aryl methyl sites for hydroxylation is 1. The highest BCUT2D eigenvalue weighted by molar-refractivity contribution is 5.86. The highest BCUT2D eigenvalue weighted by atomic mass is 19.1. The van der Waals surface area contributed by atoms with Crippen LogP contribution in [-0.2, 0) is 6.42 Å². The van der Waals surface area contributed by atoms with E-state index in [1.165, 1.54) is 0 Å². The van der Waals surface area contributed by atoms with Crippen molar-refractivity contribution in [3.05, 3.63) is 35.3 Å². The van der Waals surface area contributed by atoms with Crippen LogP contribution in [0.5, 0.6) is 5.75 Å². The first-order chi connectivity index (χ1) is 9.36. The molecule has 0 radical (unpaired) electrons. The van der Waals surface area contributed by atoms with E-state index >= 15 is 0 Å². The number of ether oxygens (including phenoxy) is 1. The topological polar surface area (TPSA) is 48.1 Å². The van der Waals surface area contributed by atoms with E-state index in [4.69, 9.17) is 10.5 Å². The van der Waals surface area contributed by atoms with E-state index in [1.807, 2.05) is 19.1 Å². The minimum atomic E-state index is -0.313. The standard InChI is InChI=1S/C16H21FN2O/c1-10-5-14(20-4)12-6-11(8-16(2,3)9-18)7-13(17)15(12)19-10/h5-7H,8-9,18H2,1-4H3. The van der Waals surface area contributed by atoms with E-state index in [1.54, 1.807) is 13.2 Å². The molecule has 1 aromatic heterocycles. The van der Waals surface area contributed by atoms with Crippen molar-refractivity contribution in [1.29, 1.82) is 0 Å². The van der Waals surface area contributed by atoms with Crippen molar-refractivity contribution in [1.82, 2.24) is 4.98 Å². The number of benzene rings is 1. The fraction of sp³-hybridized carbons (Fsp3) is 0.438. The number of hydrogen-bond donors (Lipinski definition) is 1. The zero-order valence-electron chi connectivity index (χ0n) is 12.5. The first-order valence-corrected chi connectivity index (χ1v) is 6.70. The van der Waals surface area contributed by atoms with Crippen LogP contribution < -0.4 is 10.5 Å². The molecule has 0 bridgehead atoms. The lowest BCUT2D eigenvalue weighted by Gasteiger charge is -2.22. The van der Waals surface area contributed by atoms with Crippen LogP contribution in [0.2, 0.25) is 0 Å². The van der Waals surface area contributed by atoms with Crippen LogP contribution >= 0.6 is 0 Å². The van der Waals surface area contributed by atoms with E-state index in [9.17, 15) is 4.39 Å². The Kier molecular flexibility index (Phi) is 3.95. The molecule has 1 aromatic carbocycles. The van der Waals surface area contributed by atoms with Crippen molar-refractivity contribution in [3.8, 4) is 5.75 Å². The van der Waals surface area contributed by atoms with Gasteiger partial charge in [-0.25, -0.2) is 9.37 Å². The molecule has 1 heterocycles. The van der Waals surface area contributed by atoms with Gasteiger partial charge in [-0.1, -0.05) is 13.8 Å². The van der Waals surface area contributed by atoms with Crippen molar-refractivity contribution in [2.45, 2.75) is 27.2 Å². The molecule has 2 aromatic rings. The molecule has 4 heteroatoms. The number of halogens is 1. The molecule has 0 aliphatic carbocycles. The summed E-state index contributed by atoms with van der Waals surface area (Å²) in [5, 5.41) is 0.709. The molecule has 0 saturated carbocycles. The first-order valence-electron chi connectivity index (χ1n) is 6.70. The molecule has 2 N–H and O–H groups in total. The summed E-state index contributed by atoms with van der Waals surface area (Å²) in [6.07, 6.45) is 0.716. The Morgan fingerprint density at radius 2 is 2.00 bits per heavy atom. The summed E-state index contributed by atoms with van der Waals surface area (Å²) in [5.41, 5.74) is 7.69. The molecule has 0 unspecified atom stereocenters. The number of nitrogens with two attached hydrogens (primary N) is 1. The quantitative estimate of drug-likeness (QED) is 0.932. The summed E-state index contributed by atoms with van der Waals surface area (Å²) in [6.45, 7) is 6.52. The monoisotopic (exact) mass is 276 g/mol. The molecule has 0 spiro atoms. The molecule has 108 valence electrons. The second-order valence-corrected chi connectivity index (χ2v) is 5.98. The Labute approximate surface area is 119 Å². The molecular weight excluding hydrogens is 255 g/mol. The van der Waals surface area contributed by atoms with Crippen molar-refractivity contribution in [2.24, 2.45) is 11.1 Å². The molecule has 0 saturated heterocycles. The van der Waals surface area contributed by atoms with Gasteiger partial charge >= 0.3 is 0 Å². The molecule has 20 heavy (non-hydrogen) atoms. The third kappa shape index (κ3) is 2.90. The highest BCUT2D eigenvalue weighted by Crippen LogP contribution is 2.30. The maximum absolute atomic E-state index is 14.3. The van der Waals surface area contributed by atoms with Gasteiger partial charge in [0.2, 0.25) is 0 Å². The normalized spacial score (nSPS) is 11.9. The van der Waals surface area contributed by atoms with Gasteiger partial charge in [0.1, 0.15) is 17.1 Å². The number of hydrogen-bond acceptors (Lipinski definition) is 3. The second-order valence-electron chi connectivity index (χ2n) is 5.98. The molecule has 0 aliphatic rings. The van der Waals surface area contributed by atoms with Crippen LogP contribution in [0.25, 0.3) is 10.9 Å². The maximum Gasteiger partial charge on any atom is 0.149 e. The first kappa shape index (κ1) is 14.7. The van der Waals surface area contributed by atoms with Gasteiger partial charge in [-0.05, 0) is 43.0 Å². The number of pyridine rings is 1. The molecule has 0 fully saturated rings. The van der Waals surface area contributed by atoms with Crippen LogP contribution in [0, 0.1) is 18.2 Å². The predicted molar refractivity (Wildman–Crippen MR) is 79.5 cm³/mol. The Morgan fingerprint density at radius 1 is 1.30 bits per heavy atom. The number of fused-ring (bicyclic) bond motifs is 1. The average Bonchev–Trinajstić information content (AvgIpc) is 2.38. The SMILES string of the molecule is COc1cc(C)nc2c(F)cc(CC(C)(C)CN)cc12. The van der Waals surface area contributed by atoms with E-state index in [0.717, 1.165) is 11.3 Å². The van der Waals surface area contributed by atoms with Gasteiger partial charge in [0.15, 0.2) is 0 Å². The van der Waals surface area contributed by atoms with Crippen molar-refractivity contribution in [3.63, 3.8) is 0 Å². The van der Waals surface area contributed by atoms with E-state index in [2.05, 4.69) is 18.8 Å². The summed E-state index contributed by atoms with van der Waals surface area (Å²) in [7, 11) is 1.59. The van der Waals surface area contributed by atoms with Gasteiger partial charge in [0.05, 0.1) is 7.11 Å². The molecule has 0 amide bonds. The lowest BCUT2D eigenvalue weighted by atomic mass is 9.85. The minimum Gasteiger partial charge on any atom is -0.496 e.